The molecule has 1 fully saturated rings. The third kappa shape index (κ3) is 5.25. The summed E-state index contributed by atoms with van der Waals surface area (Å²) < 4.78 is 4.57. The monoisotopic (exact) mass is 558 g/mol. The van der Waals surface area contributed by atoms with Gasteiger partial charge in [0.1, 0.15) is 29.2 Å². The van der Waals surface area contributed by atoms with E-state index in [9.17, 15) is 19.5 Å². The Morgan fingerprint density at radius 3 is 2.86 bits per heavy atom. The van der Waals surface area contributed by atoms with Gasteiger partial charge in [-0.05, 0) is 5.57 Å². The lowest BCUT2D eigenvalue weighted by Crippen LogP contribution is -2.71. The van der Waals surface area contributed by atoms with E-state index in [2.05, 4.69) is 30.0 Å². The summed E-state index contributed by atoms with van der Waals surface area (Å²) in [5.41, 5.74) is 5.77. The van der Waals surface area contributed by atoms with Crippen LogP contribution in [-0.4, -0.2) is 94.8 Å². The number of thioether (sulfide) groups is 2. The molecule has 35 heavy (non-hydrogen) atoms. The molecule has 1 saturated heterocycles. The second-order valence-electron chi connectivity index (χ2n) is 6.92. The van der Waals surface area contributed by atoms with Crippen molar-refractivity contribution in [2.45, 2.75) is 22.2 Å². The molecule has 4 rings (SSSR count). The van der Waals surface area contributed by atoms with Crippen molar-refractivity contribution in [1.82, 2.24) is 29.8 Å². The summed E-state index contributed by atoms with van der Waals surface area (Å²) in [6.45, 7) is -0.0341. The smallest absolute Gasteiger partial charge is 0.352 e. The number of carboxylic acid groups (broad SMARTS) is 1. The number of anilines is 1. The first-order valence-electron chi connectivity index (χ1n) is 9.81. The summed E-state index contributed by atoms with van der Waals surface area (Å²) in [5.74, 6) is -1.93. The van der Waals surface area contributed by atoms with Crippen LogP contribution in [0.3, 0.4) is 0 Å². The third-order valence-electron chi connectivity index (χ3n) is 4.73. The molecule has 0 bridgehead atoms. The van der Waals surface area contributed by atoms with Crippen molar-refractivity contribution in [3.05, 3.63) is 22.1 Å². The lowest BCUT2D eigenvalue weighted by atomic mass is 10.0. The number of nitrogens with two attached hydrogens (primary N) is 1. The average Bonchev–Trinajstić information content (AvgIpc) is 3.47. The van der Waals surface area contributed by atoms with E-state index in [0.717, 1.165) is 11.5 Å². The highest BCUT2D eigenvalue weighted by Gasteiger charge is 2.54. The van der Waals surface area contributed by atoms with Crippen molar-refractivity contribution in [2.24, 2.45) is 5.16 Å². The number of oxime groups is 1. The molecule has 0 spiro atoms. The Labute approximate surface area is 214 Å². The first kappa shape index (κ1) is 25.3. The molecule has 0 aliphatic carbocycles. The van der Waals surface area contributed by atoms with Gasteiger partial charge in [0, 0.05) is 36.1 Å². The van der Waals surface area contributed by atoms with Gasteiger partial charge in [0.25, 0.3) is 11.8 Å². The van der Waals surface area contributed by atoms with Gasteiger partial charge in [-0.3, -0.25) is 14.5 Å². The van der Waals surface area contributed by atoms with E-state index in [1.54, 1.807) is 0 Å². The Hall–Kier alpha value is -2.80. The number of hydrogen-bond donors (Lipinski definition) is 4. The van der Waals surface area contributed by atoms with Crippen LogP contribution in [-0.2, 0) is 25.6 Å². The van der Waals surface area contributed by atoms with Gasteiger partial charge in [0.05, 0.1) is 0 Å². The van der Waals surface area contributed by atoms with Crippen molar-refractivity contribution in [3.8, 4) is 0 Å². The maximum absolute atomic E-state index is 12.9. The number of aliphatic carboxylic acids is 1. The minimum Gasteiger partial charge on any atom is -0.477 e. The molecule has 0 radical (unpaired) electrons. The second kappa shape index (κ2) is 10.9. The molecule has 2 aliphatic rings. The van der Waals surface area contributed by atoms with E-state index in [4.69, 9.17) is 15.7 Å². The van der Waals surface area contributed by atoms with Crippen LogP contribution >= 0.6 is 46.4 Å². The second-order valence-corrected chi connectivity index (χ2v) is 11.1. The standard InChI is InChI=1S/C17H18N8O6S4/c1-31-23-8(11-20-16(18)35-24-11)12(27)19-9-13(28)25-10(15(29)30)6(4-32-14(9)25)5-33-17-22-21-7(34-17)2-3-26/h9,14,26H,2-5H2,1H3,(H,19,27)(H,29,30)(H2,18,20,24)/t9?,14-/m0/s1. The van der Waals surface area contributed by atoms with E-state index in [-0.39, 0.29) is 29.0 Å². The highest BCUT2D eigenvalue weighted by atomic mass is 32.2. The zero-order valence-electron chi connectivity index (χ0n) is 17.9. The topological polar surface area (TPSA) is 206 Å². The molecular formula is C17H18N8O6S4. The first-order chi connectivity index (χ1) is 16.8. The Bertz CT molecular complexity index is 1210. The highest BCUT2D eigenvalue weighted by Crippen LogP contribution is 2.41. The van der Waals surface area contributed by atoms with Crippen LogP contribution in [0.4, 0.5) is 5.13 Å². The summed E-state index contributed by atoms with van der Waals surface area (Å²) >= 11 is 4.85. The van der Waals surface area contributed by atoms with Crippen LogP contribution in [0.1, 0.15) is 10.8 Å². The SMILES string of the molecule is CON=C(C(=O)NC1C(=O)N2C(C(=O)O)=C(CSc3nnc(CCO)s3)CS[C@@H]12)c1nsc(N)n1. The zero-order valence-corrected chi connectivity index (χ0v) is 21.2. The van der Waals surface area contributed by atoms with E-state index >= 15 is 0 Å². The van der Waals surface area contributed by atoms with Crippen molar-refractivity contribution in [2.75, 3.05) is 31.0 Å². The number of aliphatic hydroxyl groups is 1. The number of nitrogens with one attached hydrogen (secondary N) is 1. The number of carbonyl (C=O) groups excluding carboxylic acids is 2. The van der Waals surface area contributed by atoms with Crippen molar-refractivity contribution >= 4 is 75.0 Å². The van der Waals surface area contributed by atoms with Crippen molar-refractivity contribution < 1.29 is 29.4 Å². The molecule has 0 saturated carbocycles. The number of nitrogen functional groups attached to an aromatic ring is 1. The lowest BCUT2D eigenvalue weighted by Gasteiger charge is -2.49. The minimum atomic E-state index is -1.23. The van der Waals surface area contributed by atoms with Crippen LogP contribution in [0.15, 0.2) is 20.8 Å². The summed E-state index contributed by atoms with van der Waals surface area (Å²) in [4.78, 5) is 47.5. The molecule has 2 amide bonds. The molecule has 18 heteroatoms. The molecule has 0 aromatic carbocycles. The quantitative estimate of drug-likeness (QED) is 0.124. The van der Waals surface area contributed by atoms with Crippen LogP contribution in [0, 0.1) is 0 Å². The molecule has 14 nitrogen and oxygen atoms in total. The van der Waals surface area contributed by atoms with Crippen LogP contribution in [0.5, 0.6) is 0 Å². The Morgan fingerprint density at radius 2 is 2.20 bits per heavy atom. The number of nitrogens with zero attached hydrogens (tertiary/aromatic N) is 6. The predicted molar refractivity (Wildman–Crippen MR) is 129 cm³/mol. The number of β-lactam (4-membered cyclic amide) rings is 1. The number of amides is 2. The fourth-order valence-electron chi connectivity index (χ4n) is 3.25. The summed E-state index contributed by atoms with van der Waals surface area (Å²) in [6.07, 6.45) is 0.400. The summed E-state index contributed by atoms with van der Waals surface area (Å²) in [6, 6.07) is -0.960. The number of fused-ring (bicyclic) bond motifs is 1. The molecule has 5 N–H and O–H groups in total. The van der Waals surface area contributed by atoms with Gasteiger partial charge < -0.3 is 26.1 Å². The number of aliphatic hydroxyl groups excluding tert-OH is 1. The maximum Gasteiger partial charge on any atom is 0.352 e. The number of carbonyl (C=O) groups is 3. The number of aromatic nitrogens is 4. The van der Waals surface area contributed by atoms with Gasteiger partial charge >= 0.3 is 5.97 Å². The molecule has 2 atom stereocenters. The van der Waals surface area contributed by atoms with Crippen LogP contribution < -0.4 is 11.1 Å². The average molecular weight is 559 g/mol. The number of rotatable bonds is 10. The van der Waals surface area contributed by atoms with E-state index in [0.29, 0.717) is 32.8 Å². The molecule has 2 aromatic heterocycles. The Morgan fingerprint density at radius 1 is 1.40 bits per heavy atom. The molecule has 2 aliphatic heterocycles. The number of carboxylic acids is 1. The van der Waals surface area contributed by atoms with Crippen LogP contribution in [0.25, 0.3) is 0 Å². The third-order valence-corrected chi connectivity index (χ3v) is 8.82. The molecular weight excluding hydrogens is 541 g/mol. The van der Waals surface area contributed by atoms with Gasteiger partial charge in [0.2, 0.25) is 11.5 Å². The van der Waals surface area contributed by atoms with E-state index in [1.165, 1.54) is 46.9 Å². The van der Waals surface area contributed by atoms with Gasteiger partial charge in [-0.25, -0.2) is 4.79 Å². The highest BCUT2D eigenvalue weighted by molar-refractivity contribution is 8.01. The van der Waals surface area contributed by atoms with Gasteiger partial charge in [-0.15, -0.1) is 22.0 Å². The summed E-state index contributed by atoms with van der Waals surface area (Å²) in [5, 5.41) is 33.3. The van der Waals surface area contributed by atoms with E-state index < -0.39 is 29.2 Å². The van der Waals surface area contributed by atoms with Gasteiger partial charge in [-0.1, -0.05) is 28.3 Å². The molecule has 2 aromatic rings. The normalized spacial score (nSPS) is 19.9. The molecule has 4 heterocycles. The first-order valence-corrected chi connectivity index (χ1v) is 13.4. The van der Waals surface area contributed by atoms with Gasteiger partial charge in [-0.2, -0.15) is 9.36 Å². The Kier molecular flexibility index (Phi) is 7.85. The van der Waals surface area contributed by atoms with Crippen molar-refractivity contribution in [1.29, 1.82) is 0 Å². The number of hydrogen-bond acceptors (Lipinski definition) is 15. The predicted octanol–water partition coefficient (Wildman–Crippen LogP) is -0.612. The van der Waals surface area contributed by atoms with Crippen molar-refractivity contribution in [3.63, 3.8) is 0 Å². The Balaban J connectivity index is 1.46. The minimum absolute atomic E-state index is 0.0341. The van der Waals surface area contributed by atoms with Crippen LogP contribution in [0.2, 0.25) is 0 Å². The van der Waals surface area contributed by atoms with Gasteiger partial charge in [0.15, 0.2) is 9.47 Å². The summed E-state index contributed by atoms with van der Waals surface area (Å²) in [7, 11) is 1.24. The fourth-order valence-corrected chi connectivity index (χ4v) is 7.06. The van der Waals surface area contributed by atoms with E-state index in [1.807, 2.05) is 0 Å². The molecule has 1 unspecified atom stereocenters. The molecule has 186 valence electrons. The lowest BCUT2D eigenvalue weighted by molar-refractivity contribution is -0.150. The zero-order chi connectivity index (χ0) is 25.1. The fraction of sp³-hybridized carbons (Fsp3) is 0.412. The maximum atomic E-state index is 12.9. The largest absolute Gasteiger partial charge is 0.477 e.